The third-order valence-corrected chi connectivity index (χ3v) is 11.1. The fraction of sp³-hybridized carbons (Fsp3) is 0.514. The maximum atomic E-state index is 17.1. The number of rotatable bonds is 4. The quantitative estimate of drug-likeness (QED) is 0.243. The highest BCUT2D eigenvalue weighted by atomic mass is 19.1. The molecule has 8 rings (SSSR count). The van der Waals surface area contributed by atoms with Gasteiger partial charge in [-0.3, -0.25) is 4.90 Å². The first-order valence-electron chi connectivity index (χ1n) is 17.2. The van der Waals surface area contributed by atoms with Gasteiger partial charge in [-0.25, -0.2) is 22.7 Å². The molecule has 2 bridgehead atoms. The van der Waals surface area contributed by atoms with Crippen LogP contribution in [0.25, 0.3) is 32.9 Å². The number of benzene rings is 2. The Morgan fingerprint density at radius 3 is 2.79 bits per heavy atom. The van der Waals surface area contributed by atoms with Crippen molar-refractivity contribution in [2.45, 2.75) is 94.9 Å². The molecular weight excluding hydrogens is 601 g/mol. The number of nitrogens with zero attached hydrogens (tertiary/aromatic N) is 5. The highest BCUT2D eigenvalue weighted by Gasteiger charge is 2.49. The van der Waals surface area contributed by atoms with E-state index in [1.54, 1.807) is 19.1 Å². The van der Waals surface area contributed by atoms with Crippen LogP contribution in [0.3, 0.4) is 0 Å². The number of ether oxygens (including phenoxy) is 1. The lowest BCUT2D eigenvalue weighted by Crippen LogP contribution is -2.43. The average Bonchev–Trinajstić information content (AvgIpc) is 3.76. The van der Waals surface area contributed by atoms with Gasteiger partial charge in [-0.05, 0) is 80.8 Å². The van der Waals surface area contributed by atoms with Gasteiger partial charge in [0.2, 0.25) is 0 Å². The second kappa shape index (κ2) is 12.1. The Labute approximate surface area is 273 Å². The smallest absolute Gasteiger partial charge is 0.434 e. The van der Waals surface area contributed by atoms with E-state index in [4.69, 9.17) is 19.7 Å². The van der Waals surface area contributed by atoms with Crippen molar-refractivity contribution in [1.29, 1.82) is 0 Å². The molecule has 2 aromatic heterocycles. The number of nitrogens with one attached hydrogen (secondary N) is 1. The van der Waals surface area contributed by atoms with Crippen LogP contribution in [0.5, 0.6) is 6.01 Å². The normalized spacial score (nSPS) is 26.7. The van der Waals surface area contributed by atoms with Crippen LogP contribution in [0.2, 0.25) is 0 Å². The van der Waals surface area contributed by atoms with E-state index in [2.05, 4.69) is 16.9 Å². The molecule has 0 spiro atoms. The van der Waals surface area contributed by atoms with Crippen molar-refractivity contribution in [3.05, 3.63) is 53.2 Å². The summed E-state index contributed by atoms with van der Waals surface area (Å²) in [6, 6.07) is 9.47. The molecule has 47 heavy (non-hydrogen) atoms. The zero-order valence-electron chi connectivity index (χ0n) is 27.0. The largest absolute Gasteiger partial charge is 0.443 e. The van der Waals surface area contributed by atoms with Crippen LogP contribution in [0.15, 0.2) is 30.3 Å². The van der Waals surface area contributed by atoms with Crippen LogP contribution in [0.1, 0.15) is 69.0 Å². The minimum absolute atomic E-state index is 0.0494. The van der Waals surface area contributed by atoms with Gasteiger partial charge in [0, 0.05) is 35.6 Å². The summed E-state index contributed by atoms with van der Waals surface area (Å²) in [5.41, 5.74) is 1.52. The third-order valence-electron chi connectivity index (χ3n) is 11.1. The third kappa shape index (κ3) is 5.47. The number of aromatic nitrogens is 3. The van der Waals surface area contributed by atoms with Crippen molar-refractivity contribution in [1.82, 2.24) is 25.2 Å². The predicted molar refractivity (Wildman–Crippen MR) is 178 cm³/mol. The highest BCUT2D eigenvalue weighted by molar-refractivity contribution is 6.01. The Morgan fingerprint density at radius 2 is 1.89 bits per heavy atom. The summed E-state index contributed by atoms with van der Waals surface area (Å²) in [6.07, 6.45) is 8.25. The fourth-order valence-corrected chi connectivity index (χ4v) is 8.72. The minimum atomic E-state index is -0.893. The second-order valence-corrected chi connectivity index (χ2v) is 14.2. The highest BCUT2D eigenvalue weighted by Crippen LogP contribution is 2.42. The van der Waals surface area contributed by atoms with Gasteiger partial charge >= 0.3 is 11.8 Å². The van der Waals surface area contributed by atoms with E-state index in [-0.39, 0.29) is 35.7 Å². The molecule has 1 N–H and O–H groups in total. The van der Waals surface area contributed by atoms with E-state index >= 15 is 4.39 Å². The van der Waals surface area contributed by atoms with E-state index in [9.17, 15) is 8.78 Å². The monoisotopic (exact) mass is 643 g/mol. The lowest BCUT2D eigenvalue weighted by Gasteiger charge is -2.30. The Bertz CT molecular complexity index is 1880. The number of hydrogen-bond donors (Lipinski definition) is 1. The number of halogens is 3. The van der Waals surface area contributed by atoms with Gasteiger partial charge in [-0.1, -0.05) is 37.1 Å². The minimum Gasteiger partial charge on any atom is -0.443 e. The summed E-state index contributed by atoms with van der Waals surface area (Å²) < 4.78 is 54.7. The standard InChI is InChI=1S/C37H42F3N6O/c1-22-28(39)15-12-23-8-6-10-27(30(22)23)33-32(40)34-31-29(42-33)11-5-3-4-9-25-13-14-26(41-25)20-45(2)35(31)44-36(43-34)47-21-37-16-7-17-46(37)19-24(38)18-37/h6,8,10,12,15,24-26,41H,2-5,7,9,11,13-14,16-21H2,1H3/q+1/t24-,25-,26-,37+/m1/s1. The number of aryl methyl sites for hydroxylation is 2. The maximum Gasteiger partial charge on any atom is 0.434 e. The Kier molecular flexibility index (Phi) is 7.91. The van der Waals surface area contributed by atoms with E-state index in [1.165, 1.54) is 6.07 Å². The molecule has 3 saturated heterocycles. The van der Waals surface area contributed by atoms with Crippen LogP contribution in [-0.4, -0.2) is 81.2 Å². The molecule has 10 heteroatoms. The molecule has 0 unspecified atom stereocenters. The molecule has 0 saturated carbocycles. The molecule has 7 nitrogen and oxygen atoms in total. The molecule has 3 fully saturated rings. The van der Waals surface area contributed by atoms with E-state index in [0.29, 0.717) is 65.4 Å². The number of fused-ring (bicyclic) bond motifs is 4. The Balaban J connectivity index is 1.30. The molecule has 4 aliphatic heterocycles. The molecule has 4 aliphatic rings. The van der Waals surface area contributed by atoms with Crippen LogP contribution < -0.4 is 10.1 Å². The molecule has 0 aliphatic carbocycles. The number of alkyl halides is 1. The van der Waals surface area contributed by atoms with Gasteiger partial charge in [-0.15, -0.1) is 0 Å². The fourth-order valence-electron chi connectivity index (χ4n) is 8.72. The average molecular weight is 644 g/mol. The van der Waals surface area contributed by atoms with E-state index in [1.807, 2.05) is 16.7 Å². The molecule has 4 aromatic rings. The molecule has 2 aromatic carbocycles. The van der Waals surface area contributed by atoms with Gasteiger partial charge in [-0.2, -0.15) is 4.98 Å². The number of pyridine rings is 1. The molecule has 4 atom stereocenters. The zero-order valence-corrected chi connectivity index (χ0v) is 27.0. The van der Waals surface area contributed by atoms with Crippen LogP contribution in [0, 0.1) is 18.6 Å². The SMILES string of the molecule is C=[N+]1C[C@H]2CC[C@@H](CCCCCc3nc(-c4cccc5ccc(F)c(C)c45)c(F)c4nc(OC[C@@]56CCCN5C[C@H](F)C6)nc1c34)N2. The van der Waals surface area contributed by atoms with Crippen molar-refractivity contribution in [3.63, 3.8) is 0 Å². The molecule has 6 heterocycles. The first kappa shape index (κ1) is 30.7. The van der Waals surface area contributed by atoms with Gasteiger partial charge < -0.3 is 10.1 Å². The van der Waals surface area contributed by atoms with Crippen molar-refractivity contribution >= 4 is 34.2 Å². The summed E-state index contributed by atoms with van der Waals surface area (Å²) in [7, 11) is 0. The van der Waals surface area contributed by atoms with Gasteiger partial charge in [0.1, 0.15) is 41.7 Å². The van der Waals surface area contributed by atoms with Crippen molar-refractivity contribution in [2.75, 3.05) is 26.2 Å². The maximum absolute atomic E-state index is 17.1. The number of hydrogen-bond acceptors (Lipinski definition) is 6. The van der Waals surface area contributed by atoms with Crippen molar-refractivity contribution in [2.24, 2.45) is 0 Å². The molecule has 0 radical (unpaired) electrons. The second-order valence-electron chi connectivity index (χ2n) is 14.2. The summed E-state index contributed by atoms with van der Waals surface area (Å²) in [5.74, 6) is -0.468. The van der Waals surface area contributed by atoms with Gasteiger partial charge in [0.25, 0.3) is 0 Å². The summed E-state index contributed by atoms with van der Waals surface area (Å²) >= 11 is 0. The first-order valence-corrected chi connectivity index (χ1v) is 17.2. The van der Waals surface area contributed by atoms with Gasteiger partial charge in [0.15, 0.2) is 5.82 Å². The predicted octanol–water partition coefficient (Wildman–Crippen LogP) is 6.97. The molecule has 246 valence electrons. The summed E-state index contributed by atoms with van der Waals surface area (Å²) in [4.78, 5) is 16.8. The summed E-state index contributed by atoms with van der Waals surface area (Å²) in [6.45, 7) is 8.19. The molecular formula is C37H42F3N6O+. The Hall–Kier alpha value is -3.63. The van der Waals surface area contributed by atoms with Crippen LogP contribution in [-0.2, 0) is 6.42 Å². The van der Waals surface area contributed by atoms with Crippen LogP contribution in [0.4, 0.5) is 19.0 Å². The van der Waals surface area contributed by atoms with E-state index in [0.717, 1.165) is 63.3 Å². The summed E-state index contributed by atoms with van der Waals surface area (Å²) in [5, 5.41) is 5.75. The van der Waals surface area contributed by atoms with Crippen LogP contribution >= 0.6 is 0 Å². The lowest BCUT2D eigenvalue weighted by atomic mass is 9.95. The first-order chi connectivity index (χ1) is 22.8. The van der Waals surface area contributed by atoms with Crippen molar-refractivity contribution < 1.29 is 22.5 Å². The zero-order chi connectivity index (χ0) is 32.3. The van der Waals surface area contributed by atoms with Crippen molar-refractivity contribution in [3.8, 4) is 17.3 Å². The lowest BCUT2D eigenvalue weighted by molar-refractivity contribution is -0.437. The Morgan fingerprint density at radius 1 is 1.02 bits per heavy atom. The van der Waals surface area contributed by atoms with E-state index < -0.39 is 17.5 Å². The molecule has 0 amide bonds. The topological polar surface area (TPSA) is 66.2 Å². The van der Waals surface area contributed by atoms with Gasteiger partial charge in [0.05, 0.1) is 18.0 Å².